The predicted octanol–water partition coefficient (Wildman–Crippen LogP) is 2.14. The van der Waals surface area contributed by atoms with Crippen molar-refractivity contribution in [1.29, 1.82) is 0 Å². The number of ether oxygens (including phenoxy) is 1. The molecule has 0 radical (unpaired) electrons. The number of hydrogen-bond donors (Lipinski definition) is 2. The van der Waals surface area contributed by atoms with Crippen LogP contribution in [0.25, 0.3) is 0 Å². The van der Waals surface area contributed by atoms with Crippen molar-refractivity contribution in [2.24, 2.45) is 0 Å². The van der Waals surface area contributed by atoms with E-state index in [0.717, 1.165) is 43.1 Å². The maximum absolute atomic E-state index is 5.51. The molecule has 0 saturated heterocycles. The van der Waals surface area contributed by atoms with E-state index in [1.165, 1.54) is 0 Å². The van der Waals surface area contributed by atoms with Crippen molar-refractivity contribution in [3.63, 3.8) is 0 Å². The Balaban J connectivity index is 1.72. The molecule has 0 bridgehead atoms. The first-order valence-electron chi connectivity index (χ1n) is 6.73. The number of aryl methyl sites for hydroxylation is 1. The van der Waals surface area contributed by atoms with Gasteiger partial charge in [-0.05, 0) is 19.0 Å². The lowest BCUT2D eigenvalue weighted by Crippen LogP contribution is -2.16. The average Bonchev–Trinajstić information content (AvgIpc) is 2.99. The minimum Gasteiger partial charge on any atom is -0.481 e. The van der Waals surface area contributed by atoms with Crippen molar-refractivity contribution in [1.82, 2.24) is 15.3 Å². The van der Waals surface area contributed by atoms with E-state index < -0.39 is 0 Å². The molecule has 0 aliphatic carbocycles. The number of terminal acetylenes is 1. The molecule has 1 aromatic heterocycles. The van der Waals surface area contributed by atoms with Gasteiger partial charge in [-0.2, -0.15) is 0 Å². The normalized spacial score (nSPS) is 10.2. The van der Waals surface area contributed by atoms with Gasteiger partial charge in [0.1, 0.15) is 18.2 Å². The van der Waals surface area contributed by atoms with Gasteiger partial charge in [-0.15, -0.1) is 6.42 Å². The third-order valence-corrected chi connectivity index (χ3v) is 2.92. The lowest BCUT2D eigenvalue weighted by atomic mass is 10.2. The number of para-hydroxylation sites is 1. The summed E-state index contributed by atoms with van der Waals surface area (Å²) in [4.78, 5) is 7.30. The summed E-state index contributed by atoms with van der Waals surface area (Å²) in [7, 11) is 0. The lowest BCUT2D eigenvalue weighted by molar-refractivity contribution is 0.365. The van der Waals surface area contributed by atoms with E-state index in [9.17, 15) is 0 Å². The molecule has 20 heavy (non-hydrogen) atoms. The van der Waals surface area contributed by atoms with Crippen LogP contribution in [0.4, 0.5) is 0 Å². The average molecular weight is 269 g/mol. The molecule has 104 valence electrons. The van der Waals surface area contributed by atoms with Gasteiger partial charge in [-0.25, -0.2) is 4.98 Å². The third kappa shape index (κ3) is 4.45. The number of aromatic amines is 1. The first-order valence-corrected chi connectivity index (χ1v) is 6.73. The van der Waals surface area contributed by atoms with Crippen LogP contribution >= 0.6 is 0 Å². The van der Waals surface area contributed by atoms with Crippen LogP contribution in [0.5, 0.6) is 5.75 Å². The fraction of sp³-hybridized carbons (Fsp3) is 0.312. The first kappa shape index (κ1) is 14.2. The second-order valence-corrected chi connectivity index (χ2v) is 4.42. The minimum atomic E-state index is 0.301. The summed E-state index contributed by atoms with van der Waals surface area (Å²) in [6, 6.07) is 7.94. The molecular weight excluding hydrogens is 250 g/mol. The van der Waals surface area contributed by atoms with E-state index in [4.69, 9.17) is 11.2 Å². The molecule has 1 aromatic carbocycles. The fourth-order valence-corrected chi connectivity index (χ4v) is 1.95. The highest BCUT2D eigenvalue weighted by molar-refractivity contribution is 5.33. The first-order chi connectivity index (χ1) is 9.90. The monoisotopic (exact) mass is 269 g/mol. The maximum atomic E-state index is 5.51. The van der Waals surface area contributed by atoms with Crippen LogP contribution in [0, 0.1) is 12.3 Å². The molecule has 0 amide bonds. The Kier molecular flexibility index (Phi) is 5.69. The Bertz CT molecular complexity index is 543. The van der Waals surface area contributed by atoms with Gasteiger partial charge < -0.3 is 15.0 Å². The minimum absolute atomic E-state index is 0.301. The summed E-state index contributed by atoms with van der Waals surface area (Å²) in [5, 5.41) is 3.41. The molecule has 1 heterocycles. The number of imidazole rings is 1. The summed E-state index contributed by atoms with van der Waals surface area (Å²) >= 11 is 0. The zero-order chi connectivity index (χ0) is 14.0. The van der Waals surface area contributed by atoms with Gasteiger partial charge in [0, 0.05) is 30.9 Å². The highest BCUT2D eigenvalue weighted by Crippen LogP contribution is 2.17. The Morgan fingerprint density at radius 3 is 3.05 bits per heavy atom. The molecule has 0 atom stereocenters. The van der Waals surface area contributed by atoms with Crippen molar-refractivity contribution in [3.05, 3.63) is 48.0 Å². The van der Waals surface area contributed by atoms with E-state index in [1.54, 1.807) is 6.20 Å². The number of H-pyrrole nitrogens is 1. The topological polar surface area (TPSA) is 49.9 Å². The largest absolute Gasteiger partial charge is 0.481 e. The quantitative estimate of drug-likeness (QED) is 0.570. The van der Waals surface area contributed by atoms with Crippen LogP contribution < -0.4 is 10.1 Å². The van der Waals surface area contributed by atoms with Crippen molar-refractivity contribution in [2.75, 3.05) is 13.2 Å². The van der Waals surface area contributed by atoms with Crippen molar-refractivity contribution >= 4 is 0 Å². The van der Waals surface area contributed by atoms with Crippen molar-refractivity contribution in [2.45, 2.75) is 19.4 Å². The molecule has 0 saturated carbocycles. The van der Waals surface area contributed by atoms with Crippen molar-refractivity contribution < 1.29 is 4.74 Å². The van der Waals surface area contributed by atoms with E-state index in [2.05, 4.69) is 21.2 Å². The van der Waals surface area contributed by atoms with Crippen LogP contribution in [-0.2, 0) is 13.0 Å². The number of benzene rings is 1. The van der Waals surface area contributed by atoms with Gasteiger partial charge in [0.05, 0.1) is 0 Å². The van der Waals surface area contributed by atoms with Crippen molar-refractivity contribution in [3.8, 4) is 18.1 Å². The van der Waals surface area contributed by atoms with Gasteiger partial charge in [0.15, 0.2) is 0 Å². The van der Waals surface area contributed by atoms with Gasteiger partial charge in [-0.3, -0.25) is 0 Å². The zero-order valence-electron chi connectivity index (χ0n) is 11.4. The van der Waals surface area contributed by atoms with Crippen LogP contribution in [0.3, 0.4) is 0 Å². The van der Waals surface area contributed by atoms with Gasteiger partial charge >= 0.3 is 0 Å². The fourth-order valence-electron chi connectivity index (χ4n) is 1.95. The molecular formula is C16H19N3O. The molecule has 0 spiro atoms. The summed E-state index contributed by atoms with van der Waals surface area (Å²) in [6.45, 7) is 2.01. The van der Waals surface area contributed by atoms with Crippen LogP contribution in [-0.4, -0.2) is 23.1 Å². The summed E-state index contributed by atoms with van der Waals surface area (Å²) in [6.07, 6.45) is 10.8. The number of nitrogens with one attached hydrogen (secondary N) is 2. The summed E-state index contributed by atoms with van der Waals surface area (Å²) < 4.78 is 5.51. The molecule has 0 aliphatic rings. The number of aromatic nitrogens is 2. The molecule has 4 nitrogen and oxygen atoms in total. The van der Waals surface area contributed by atoms with Gasteiger partial charge in [-0.1, -0.05) is 24.1 Å². The van der Waals surface area contributed by atoms with Gasteiger partial charge in [0.25, 0.3) is 0 Å². The van der Waals surface area contributed by atoms with E-state index in [1.807, 2.05) is 30.5 Å². The van der Waals surface area contributed by atoms with Crippen LogP contribution in [0.15, 0.2) is 36.7 Å². The second kappa shape index (κ2) is 8.03. The second-order valence-electron chi connectivity index (χ2n) is 4.42. The Hall–Kier alpha value is -2.25. The molecule has 4 heteroatoms. The number of nitrogens with zero attached hydrogens (tertiary/aromatic N) is 1. The van der Waals surface area contributed by atoms with Crippen LogP contribution in [0.1, 0.15) is 17.8 Å². The van der Waals surface area contributed by atoms with E-state index >= 15 is 0 Å². The predicted molar refractivity (Wildman–Crippen MR) is 79.4 cm³/mol. The Morgan fingerprint density at radius 1 is 1.35 bits per heavy atom. The molecule has 2 N–H and O–H groups in total. The molecule has 2 aromatic rings. The Morgan fingerprint density at radius 2 is 2.25 bits per heavy atom. The zero-order valence-corrected chi connectivity index (χ0v) is 11.4. The standard InChI is InChI=1S/C16H19N3O/c1-2-12-20-15-7-4-3-6-14(15)13-17-9-5-8-16-18-10-11-19-16/h1,3-4,6-7,10-11,17H,5,8-9,12-13H2,(H,18,19). The number of hydrogen-bond acceptors (Lipinski definition) is 3. The SMILES string of the molecule is C#CCOc1ccccc1CNCCCc1ncc[nH]1. The number of rotatable bonds is 8. The van der Waals surface area contributed by atoms with Crippen LogP contribution in [0.2, 0.25) is 0 Å². The molecule has 2 rings (SSSR count). The highest BCUT2D eigenvalue weighted by atomic mass is 16.5. The van der Waals surface area contributed by atoms with E-state index in [-0.39, 0.29) is 0 Å². The molecule has 0 aliphatic heterocycles. The molecule has 0 fully saturated rings. The summed E-state index contributed by atoms with van der Waals surface area (Å²) in [5.74, 6) is 4.37. The maximum Gasteiger partial charge on any atom is 0.148 e. The van der Waals surface area contributed by atoms with E-state index in [0.29, 0.717) is 6.61 Å². The molecule has 0 unspecified atom stereocenters. The van der Waals surface area contributed by atoms with Gasteiger partial charge in [0.2, 0.25) is 0 Å². The smallest absolute Gasteiger partial charge is 0.148 e. The Labute approximate surface area is 119 Å². The highest BCUT2D eigenvalue weighted by Gasteiger charge is 2.02. The summed E-state index contributed by atoms with van der Waals surface area (Å²) in [5.41, 5.74) is 1.13. The third-order valence-electron chi connectivity index (χ3n) is 2.92. The lowest BCUT2D eigenvalue weighted by Gasteiger charge is -2.10.